The molecule has 1 heterocycles. The van der Waals surface area contributed by atoms with Crippen molar-refractivity contribution >= 4 is 21.7 Å². The summed E-state index contributed by atoms with van der Waals surface area (Å²) in [5.41, 5.74) is 1.61. The number of likely N-dealkylation sites (N-methyl/N-ethyl adjacent to an activating group) is 1. The van der Waals surface area contributed by atoms with Crippen molar-refractivity contribution in [3.8, 4) is 0 Å². The molecule has 0 spiro atoms. The zero-order valence-electron chi connectivity index (χ0n) is 23.9. The topological polar surface area (TPSA) is 86.8 Å². The lowest BCUT2D eigenvalue weighted by Crippen LogP contribution is -2.50. The van der Waals surface area contributed by atoms with Crippen molar-refractivity contribution in [2.24, 2.45) is 0 Å². The number of rotatable bonds is 12. The number of nitrogens with one attached hydrogen (secondary N) is 1. The highest BCUT2D eigenvalue weighted by Crippen LogP contribution is 2.26. The van der Waals surface area contributed by atoms with Crippen LogP contribution in [0, 0.1) is 0 Å². The van der Waals surface area contributed by atoms with Crippen molar-refractivity contribution in [3.63, 3.8) is 0 Å². The Morgan fingerprint density at radius 1 is 1.05 bits per heavy atom. The van der Waals surface area contributed by atoms with Gasteiger partial charge in [-0.15, -0.1) is 0 Å². The van der Waals surface area contributed by atoms with Gasteiger partial charge in [-0.25, -0.2) is 8.42 Å². The van der Waals surface area contributed by atoms with Crippen molar-refractivity contribution in [1.82, 2.24) is 15.1 Å². The molecule has 0 radical (unpaired) electrons. The minimum Gasteiger partial charge on any atom is -0.349 e. The van der Waals surface area contributed by atoms with Crippen molar-refractivity contribution in [3.05, 3.63) is 65.7 Å². The average molecular weight is 596 g/mol. The Bertz CT molecular complexity index is 1250. The van der Waals surface area contributed by atoms with Gasteiger partial charge in [0.2, 0.25) is 11.8 Å². The summed E-state index contributed by atoms with van der Waals surface area (Å²) in [4.78, 5) is 29.9. The number of alkyl halides is 3. The maximum Gasteiger partial charge on any atom is 0.389 e. The number of halogens is 3. The molecule has 0 aliphatic carbocycles. The lowest BCUT2D eigenvalue weighted by molar-refractivity contribution is -0.144. The fourth-order valence-corrected chi connectivity index (χ4v) is 6.01. The lowest BCUT2D eigenvalue weighted by Gasteiger charge is -2.41. The van der Waals surface area contributed by atoms with E-state index in [4.69, 9.17) is 0 Å². The molecule has 2 amide bonds. The number of nitrogens with zero attached hydrogens (tertiary/aromatic N) is 2. The molecule has 41 heavy (non-hydrogen) atoms. The number of benzene rings is 2. The van der Waals surface area contributed by atoms with Crippen LogP contribution in [0.5, 0.6) is 0 Å². The summed E-state index contributed by atoms with van der Waals surface area (Å²) in [5, 5.41) is 2.81. The largest absolute Gasteiger partial charge is 0.389 e. The van der Waals surface area contributed by atoms with E-state index in [1.54, 1.807) is 12.1 Å². The molecule has 1 fully saturated rings. The highest BCUT2D eigenvalue weighted by Gasteiger charge is 2.31. The van der Waals surface area contributed by atoms with Crippen molar-refractivity contribution in [2.45, 2.75) is 81.6 Å². The first kappa shape index (κ1) is 32.6. The molecule has 3 rings (SSSR count). The molecule has 2 aromatic rings. The molecular weight excluding hydrogens is 555 g/mol. The third-order valence-electron chi connectivity index (χ3n) is 7.68. The molecule has 0 saturated carbocycles. The SMILES string of the molecule is CCN(C(=O)Cc1ccc(S(C)(=O)=O)cc1)C1CCN(C(C)C[C@H](NC(=O)CCC(F)(F)F)c2ccccc2)CC1. The van der Waals surface area contributed by atoms with Gasteiger partial charge in [-0.1, -0.05) is 42.5 Å². The molecular formula is C30H40F3N3O4S. The lowest BCUT2D eigenvalue weighted by atomic mass is 9.95. The maximum absolute atomic E-state index is 13.1. The van der Waals surface area contributed by atoms with E-state index in [-0.39, 0.29) is 29.3 Å². The maximum atomic E-state index is 13.1. The van der Waals surface area contributed by atoms with Crippen molar-refractivity contribution in [2.75, 3.05) is 25.9 Å². The minimum atomic E-state index is -4.38. The number of hydrogen-bond acceptors (Lipinski definition) is 5. The van der Waals surface area contributed by atoms with Crippen LogP contribution in [0.3, 0.4) is 0 Å². The van der Waals surface area contributed by atoms with Gasteiger partial charge in [-0.2, -0.15) is 13.2 Å². The van der Waals surface area contributed by atoms with Crippen LogP contribution in [0.4, 0.5) is 13.2 Å². The Morgan fingerprint density at radius 2 is 1.66 bits per heavy atom. The van der Waals surface area contributed by atoms with Gasteiger partial charge in [-0.3, -0.25) is 9.59 Å². The summed E-state index contributed by atoms with van der Waals surface area (Å²) >= 11 is 0. The summed E-state index contributed by atoms with van der Waals surface area (Å²) in [5.74, 6) is -0.623. The molecule has 1 saturated heterocycles. The number of carbonyl (C=O) groups excluding carboxylic acids is 2. The minimum absolute atomic E-state index is 0.00295. The van der Waals surface area contributed by atoms with Gasteiger partial charge in [0.25, 0.3) is 0 Å². The van der Waals surface area contributed by atoms with E-state index in [1.165, 1.54) is 12.1 Å². The van der Waals surface area contributed by atoms with Gasteiger partial charge >= 0.3 is 6.18 Å². The number of likely N-dealkylation sites (tertiary alicyclic amines) is 1. The average Bonchev–Trinajstić information content (AvgIpc) is 2.92. The van der Waals surface area contributed by atoms with Gasteiger partial charge in [-0.05, 0) is 56.4 Å². The van der Waals surface area contributed by atoms with Crippen LogP contribution in [-0.2, 0) is 25.8 Å². The molecule has 11 heteroatoms. The van der Waals surface area contributed by atoms with E-state index in [2.05, 4.69) is 17.1 Å². The van der Waals surface area contributed by atoms with E-state index < -0.39 is 40.8 Å². The van der Waals surface area contributed by atoms with Crippen molar-refractivity contribution in [1.29, 1.82) is 0 Å². The Hall–Kier alpha value is -2.92. The summed E-state index contributed by atoms with van der Waals surface area (Å²) in [7, 11) is -3.30. The number of carbonyl (C=O) groups is 2. The summed E-state index contributed by atoms with van der Waals surface area (Å²) in [6, 6.07) is 15.4. The predicted octanol–water partition coefficient (Wildman–Crippen LogP) is 4.92. The fraction of sp³-hybridized carbons (Fsp3) is 0.533. The molecule has 0 bridgehead atoms. The standard InChI is InChI=1S/C30H40F3N3O4S/c1-4-36(29(38)21-23-10-12-26(13-11-23)41(3,39)40)25-15-18-35(19-16-25)22(2)20-27(24-8-6-5-7-9-24)34-28(37)14-17-30(31,32)33/h5-13,22,25,27H,4,14-21H2,1-3H3,(H,34,37)/t22?,27-/m0/s1. The van der Waals surface area contributed by atoms with E-state index in [0.29, 0.717) is 13.0 Å². The van der Waals surface area contributed by atoms with E-state index in [0.717, 1.165) is 43.3 Å². The second kappa shape index (κ2) is 14.3. The quantitative estimate of drug-likeness (QED) is 0.376. The van der Waals surface area contributed by atoms with Crippen LogP contribution in [0.15, 0.2) is 59.5 Å². The van der Waals surface area contributed by atoms with Crippen LogP contribution < -0.4 is 5.32 Å². The smallest absolute Gasteiger partial charge is 0.349 e. The Morgan fingerprint density at radius 3 is 2.20 bits per heavy atom. The number of sulfone groups is 1. The Balaban J connectivity index is 1.57. The summed E-state index contributed by atoms with van der Waals surface area (Å²) in [6.45, 7) is 6.08. The third-order valence-corrected chi connectivity index (χ3v) is 8.81. The van der Waals surface area contributed by atoms with Gasteiger partial charge in [0, 0.05) is 44.4 Å². The second-order valence-electron chi connectivity index (χ2n) is 10.8. The Kier molecular flexibility index (Phi) is 11.4. The number of piperidine rings is 1. The highest BCUT2D eigenvalue weighted by molar-refractivity contribution is 7.90. The highest BCUT2D eigenvalue weighted by atomic mass is 32.2. The normalized spacial score (nSPS) is 16.6. The third kappa shape index (κ3) is 10.1. The van der Waals surface area contributed by atoms with Crippen LogP contribution >= 0.6 is 0 Å². The van der Waals surface area contributed by atoms with Gasteiger partial charge < -0.3 is 15.1 Å². The first-order valence-electron chi connectivity index (χ1n) is 14.0. The van der Waals surface area contributed by atoms with Crippen molar-refractivity contribution < 1.29 is 31.2 Å². The van der Waals surface area contributed by atoms with E-state index >= 15 is 0 Å². The molecule has 1 aliphatic rings. The van der Waals surface area contributed by atoms with Gasteiger partial charge in [0.05, 0.1) is 23.8 Å². The summed E-state index contributed by atoms with van der Waals surface area (Å²) in [6.07, 6.45) is -2.68. The molecule has 226 valence electrons. The fourth-order valence-electron chi connectivity index (χ4n) is 5.38. The first-order valence-corrected chi connectivity index (χ1v) is 15.9. The molecule has 2 aromatic carbocycles. The second-order valence-corrected chi connectivity index (χ2v) is 12.8. The van der Waals surface area contributed by atoms with E-state index in [9.17, 15) is 31.2 Å². The van der Waals surface area contributed by atoms with Crippen LogP contribution in [0.1, 0.15) is 63.1 Å². The number of hydrogen-bond donors (Lipinski definition) is 1. The zero-order valence-corrected chi connectivity index (χ0v) is 24.7. The van der Waals surface area contributed by atoms with Crippen LogP contribution in [0.2, 0.25) is 0 Å². The molecule has 1 unspecified atom stereocenters. The number of amides is 2. The monoisotopic (exact) mass is 595 g/mol. The van der Waals surface area contributed by atoms with Gasteiger partial charge in [0.1, 0.15) is 0 Å². The molecule has 0 aromatic heterocycles. The van der Waals surface area contributed by atoms with Crippen LogP contribution in [-0.4, -0.2) is 74.2 Å². The predicted molar refractivity (Wildman–Crippen MR) is 152 cm³/mol. The zero-order chi connectivity index (χ0) is 30.2. The van der Waals surface area contributed by atoms with E-state index in [1.807, 2.05) is 42.2 Å². The molecule has 1 aliphatic heterocycles. The summed E-state index contributed by atoms with van der Waals surface area (Å²) < 4.78 is 61.3. The molecule has 7 nitrogen and oxygen atoms in total. The van der Waals surface area contributed by atoms with Gasteiger partial charge in [0.15, 0.2) is 9.84 Å². The Labute approximate surface area is 241 Å². The van der Waals surface area contributed by atoms with Crippen LogP contribution in [0.25, 0.3) is 0 Å². The first-order chi connectivity index (χ1) is 19.3. The molecule has 1 N–H and O–H groups in total. The molecule has 2 atom stereocenters.